The lowest BCUT2D eigenvalue weighted by molar-refractivity contribution is -0.137. The van der Waals surface area contributed by atoms with Crippen molar-refractivity contribution < 1.29 is 14.3 Å². The van der Waals surface area contributed by atoms with Gasteiger partial charge in [-0.05, 0) is 18.1 Å². The van der Waals surface area contributed by atoms with E-state index >= 15 is 0 Å². The van der Waals surface area contributed by atoms with Gasteiger partial charge in [-0.25, -0.2) is 4.79 Å². The van der Waals surface area contributed by atoms with E-state index in [0.29, 0.717) is 5.57 Å². The van der Waals surface area contributed by atoms with Crippen molar-refractivity contribution in [2.75, 3.05) is 7.11 Å². The maximum absolute atomic E-state index is 11.6. The van der Waals surface area contributed by atoms with Gasteiger partial charge in [0.15, 0.2) is 0 Å². The summed E-state index contributed by atoms with van der Waals surface area (Å²) in [6.45, 7) is 3.11. The number of benzene rings is 1. The van der Waals surface area contributed by atoms with Gasteiger partial charge in [-0.15, -0.1) is 0 Å². The van der Waals surface area contributed by atoms with Gasteiger partial charge in [0, 0.05) is 6.92 Å². The van der Waals surface area contributed by atoms with Crippen LogP contribution in [0.2, 0.25) is 0 Å². The van der Waals surface area contributed by atoms with Crippen molar-refractivity contribution >= 4 is 17.4 Å². The lowest BCUT2D eigenvalue weighted by atomic mass is 10.1. The third-order valence-corrected chi connectivity index (χ3v) is 2.27. The van der Waals surface area contributed by atoms with Crippen LogP contribution < -0.4 is 5.32 Å². The van der Waals surface area contributed by atoms with Gasteiger partial charge in [-0.2, -0.15) is 0 Å². The van der Waals surface area contributed by atoms with Gasteiger partial charge in [0.05, 0.1) is 7.11 Å². The summed E-state index contributed by atoms with van der Waals surface area (Å²) in [4.78, 5) is 22.6. The molecule has 4 heteroatoms. The number of amides is 1. The van der Waals surface area contributed by atoms with Gasteiger partial charge in [-0.1, -0.05) is 30.3 Å². The largest absolute Gasteiger partial charge is 0.464 e. The molecule has 0 saturated heterocycles. The molecule has 0 atom stereocenters. The predicted molar refractivity (Wildman–Crippen MR) is 64.9 cm³/mol. The molecule has 0 heterocycles. The molecule has 1 aromatic rings. The average molecular weight is 233 g/mol. The molecular formula is C13H15NO3. The highest BCUT2D eigenvalue weighted by Gasteiger charge is 2.15. The Morgan fingerprint density at radius 1 is 1.12 bits per heavy atom. The molecule has 4 nitrogen and oxygen atoms in total. The smallest absolute Gasteiger partial charge is 0.354 e. The molecule has 0 aliphatic rings. The molecule has 0 radical (unpaired) electrons. The Morgan fingerprint density at radius 3 is 2.18 bits per heavy atom. The van der Waals surface area contributed by atoms with Crippen molar-refractivity contribution in [3.63, 3.8) is 0 Å². The number of nitrogens with one attached hydrogen (secondary N) is 1. The zero-order chi connectivity index (χ0) is 12.8. The number of methoxy groups -OCH3 is 1. The summed E-state index contributed by atoms with van der Waals surface area (Å²) in [5, 5.41) is 2.49. The predicted octanol–water partition coefficient (Wildman–Crippen LogP) is 1.73. The van der Waals surface area contributed by atoms with Gasteiger partial charge in [0.1, 0.15) is 5.70 Å². The van der Waals surface area contributed by atoms with Gasteiger partial charge in [0.25, 0.3) is 0 Å². The van der Waals surface area contributed by atoms with Crippen LogP contribution in [0.4, 0.5) is 0 Å². The van der Waals surface area contributed by atoms with Crippen LogP contribution in [0.15, 0.2) is 36.0 Å². The lowest BCUT2D eigenvalue weighted by Gasteiger charge is -2.10. The molecule has 0 aliphatic carbocycles. The summed E-state index contributed by atoms with van der Waals surface area (Å²) in [5.74, 6) is -0.859. The fourth-order valence-corrected chi connectivity index (χ4v) is 1.41. The molecule has 0 aliphatic heterocycles. The highest BCUT2D eigenvalue weighted by molar-refractivity contribution is 6.00. The molecule has 0 aromatic heterocycles. The number of hydrogen-bond acceptors (Lipinski definition) is 3. The minimum atomic E-state index is -0.554. The zero-order valence-electron chi connectivity index (χ0n) is 10.1. The summed E-state index contributed by atoms with van der Waals surface area (Å²) >= 11 is 0. The maximum atomic E-state index is 11.6. The molecular weight excluding hydrogens is 218 g/mol. The van der Waals surface area contributed by atoms with Crippen LogP contribution in [0.1, 0.15) is 19.4 Å². The molecule has 90 valence electrons. The first-order valence-electron chi connectivity index (χ1n) is 5.18. The summed E-state index contributed by atoms with van der Waals surface area (Å²) in [7, 11) is 1.28. The Balaban J connectivity index is 3.18. The number of allylic oxidation sites excluding steroid dienone is 1. The first-order valence-corrected chi connectivity index (χ1v) is 5.18. The Kier molecular flexibility index (Phi) is 4.46. The molecule has 0 fully saturated rings. The van der Waals surface area contributed by atoms with Crippen molar-refractivity contribution in [2.24, 2.45) is 0 Å². The maximum Gasteiger partial charge on any atom is 0.354 e. The molecule has 1 rings (SSSR count). The monoisotopic (exact) mass is 233 g/mol. The molecule has 1 amide bonds. The second-order valence-corrected chi connectivity index (χ2v) is 3.54. The van der Waals surface area contributed by atoms with E-state index < -0.39 is 5.97 Å². The molecule has 1 N–H and O–H groups in total. The third kappa shape index (κ3) is 3.45. The fourth-order valence-electron chi connectivity index (χ4n) is 1.41. The molecule has 1 aromatic carbocycles. The molecule has 0 spiro atoms. The fraction of sp³-hybridized carbons (Fsp3) is 0.231. The Hall–Kier alpha value is -2.10. The minimum Gasteiger partial charge on any atom is -0.464 e. The van der Waals surface area contributed by atoms with Crippen molar-refractivity contribution in [1.29, 1.82) is 0 Å². The van der Waals surface area contributed by atoms with Crippen molar-refractivity contribution in [3.8, 4) is 0 Å². The van der Waals surface area contributed by atoms with E-state index in [1.807, 2.05) is 30.3 Å². The van der Waals surface area contributed by atoms with Crippen LogP contribution in [0, 0.1) is 0 Å². The van der Waals surface area contributed by atoms with E-state index in [9.17, 15) is 9.59 Å². The zero-order valence-corrected chi connectivity index (χ0v) is 10.1. The van der Waals surface area contributed by atoms with E-state index in [1.54, 1.807) is 6.92 Å². The van der Waals surface area contributed by atoms with Crippen LogP contribution in [0.25, 0.3) is 5.57 Å². The summed E-state index contributed by atoms with van der Waals surface area (Å²) in [6, 6.07) is 9.33. The van der Waals surface area contributed by atoms with Gasteiger partial charge < -0.3 is 10.1 Å². The van der Waals surface area contributed by atoms with Gasteiger partial charge in [-0.3, -0.25) is 4.79 Å². The Bertz CT molecular complexity index is 449. The highest BCUT2D eigenvalue weighted by atomic mass is 16.5. The van der Waals surface area contributed by atoms with E-state index in [4.69, 9.17) is 0 Å². The molecule has 17 heavy (non-hydrogen) atoms. The van der Waals surface area contributed by atoms with Crippen LogP contribution in [0.3, 0.4) is 0 Å². The van der Waals surface area contributed by atoms with Gasteiger partial charge >= 0.3 is 5.97 Å². The third-order valence-electron chi connectivity index (χ3n) is 2.27. The quantitative estimate of drug-likeness (QED) is 0.639. The molecule has 0 saturated carbocycles. The van der Waals surface area contributed by atoms with E-state index in [-0.39, 0.29) is 11.6 Å². The Labute approximate surface area is 100 Å². The Morgan fingerprint density at radius 2 is 1.71 bits per heavy atom. The average Bonchev–Trinajstić information content (AvgIpc) is 2.35. The molecule has 0 bridgehead atoms. The van der Waals surface area contributed by atoms with Crippen molar-refractivity contribution in [1.82, 2.24) is 5.32 Å². The summed E-state index contributed by atoms with van der Waals surface area (Å²) in [5.41, 5.74) is 1.71. The SMILES string of the molecule is COC(=O)/C(NC(C)=O)=C(/C)c1ccccc1. The lowest BCUT2D eigenvalue weighted by Crippen LogP contribution is -2.26. The number of esters is 1. The summed E-state index contributed by atoms with van der Waals surface area (Å²) in [6.07, 6.45) is 0. The summed E-state index contributed by atoms with van der Waals surface area (Å²) < 4.78 is 4.64. The number of carbonyl (C=O) groups is 2. The van der Waals surface area contributed by atoms with Crippen molar-refractivity contribution in [2.45, 2.75) is 13.8 Å². The van der Waals surface area contributed by atoms with E-state index in [0.717, 1.165) is 5.56 Å². The molecule has 0 unspecified atom stereocenters. The number of ether oxygens (including phenoxy) is 1. The van der Waals surface area contributed by atoms with E-state index in [2.05, 4.69) is 10.1 Å². The van der Waals surface area contributed by atoms with Gasteiger partial charge in [0.2, 0.25) is 5.91 Å². The number of rotatable bonds is 3. The van der Waals surface area contributed by atoms with E-state index in [1.165, 1.54) is 14.0 Å². The second kappa shape index (κ2) is 5.84. The first-order chi connectivity index (χ1) is 8.06. The van der Waals surface area contributed by atoms with Crippen molar-refractivity contribution in [3.05, 3.63) is 41.6 Å². The number of hydrogen-bond donors (Lipinski definition) is 1. The number of carbonyl (C=O) groups excluding carboxylic acids is 2. The standard InChI is InChI=1S/C13H15NO3/c1-9(11-7-5-4-6-8-11)12(13(16)17-3)14-10(2)15/h4-8H,1-3H3,(H,14,15)/b12-9+. The van der Waals surface area contributed by atoms with Crippen LogP contribution in [0.5, 0.6) is 0 Å². The minimum absolute atomic E-state index is 0.172. The van der Waals surface area contributed by atoms with Crippen LogP contribution in [-0.2, 0) is 14.3 Å². The van der Waals surface area contributed by atoms with Crippen LogP contribution >= 0.6 is 0 Å². The highest BCUT2D eigenvalue weighted by Crippen LogP contribution is 2.17. The second-order valence-electron chi connectivity index (χ2n) is 3.54. The van der Waals surface area contributed by atoms with Crippen LogP contribution in [-0.4, -0.2) is 19.0 Å². The first kappa shape index (κ1) is 13.0. The normalized spacial score (nSPS) is 11.5. The topological polar surface area (TPSA) is 55.4 Å².